The minimum absolute atomic E-state index is 0.0289. The third-order valence-corrected chi connectivity index (χ3v) is 1.61. The first-order valence-electron chi connectivity index (χ1n) is 3.32. The van der Waals surface area contributed by atoms with Gasteiger partial charge < -0.3 is 5.84 Å². The third-order valence-electron chi connectivity index (χ3n) is 1.61. The molecule has 0 atom stereocenters. The van der Waals surface area contributed by atoms with Crippen molar-refractivity contribution in [1.82, 2.24) is 19.6 Å². The Morgan fingerprint density at radius 3 is 2.46 bits per heavy atom. The maximum absolute atomic E-state index is 11.1. The number of fused-ring (bicyclic) bond motifs is 1. The molecule has 0 aliphatic carbocycles. The van der Waals surface area contributed by atoms with E-state index in [9.17, 15) is 14.4 Å². The predicted molar refractivity (Wildman–Crippen MR) is 44.0 cm³/mol. The van der Waals surface area contributed by atoms with Gasteiger partial charge >= 0.3 is 11.4 Å². The van der Waals surface area contributed by atoms with Gasteiger partial charge in [-0.15, -0.1) is 0 Å². The summed E-state index contributed by atoms with van der Waals surface area (Å²) in [6.07, 6.45) is 0. The highest BCUT2D eigenvalue weighted by Crippen LogP contribution is 1.91. The number of aromatic amines is 3. The zero-order valence-electron chi connectivity index (χ0n) is 6.25. The number of hydrogen-bond acceptors (Lipinski definition) is 4. The van der Waals surface area contributed by atoms with E-state index in [1.165, 1.54) is 0 Å². The molecule has 0 radical (unpaired) electrons. The quantitative estimate of drug-likeness (QED) is 0.334. The van der Waals surface area contributed by atoms with E-state index in [1.54, 1.807) is 0 Å². The molecule has 0 unspecified atom stereocenters. The van der Waals surface area contributed by atoms with Crippen LogP contribution in [0.25, 0.3) is 11.2 Å². The SMILES string of the molecule is Nn1c(=O)[nH]c2c(=O)[nH]c(=O)[nH]c21. The summed E-state index contributed by atoms with van der Waals surface area (Å²) >= 11 is 0. The minimum atomic E-state index is -0.712. The first-order chi connectivity index (χ1) is 6.09. The Morgan fingerprint density at radius 1 is 1.08 bits per heavy atom. The highest BCUT2D eigenvalue weighted by molar-refractivity contribution is 5.68. The molecule has 0 saturated heterocycles. The Morgan fingerprint density at radius 2 is 1.77 bits per heavy atom. The molecular weight excluding hydrogens is 178 g/mol. The van der Waals surface area contributed by atoms with E-state index in [1.807, 2.05) is 4.98 Å². The summed E-state index contributed by atoms with van der Waals surface area (Å²) in [7, 11) is 0. The Labute approximate surface area is 69.0 Å². The van der Waals surface area contributed by atoms with Gasteiger partial charge in [0.1, 0.15) is 0 Å². The van der Waals surface area contributed by atoms with Gasteiger partial charge in [-0.3, -0.25) is 19.7 Å². The van der Waals surface area contributed by atoms with Crippen LogP contribution in [-0.2, 0) is 0 Å². The molecular formula is C5H5N5O3. The Hall–Kier alpha value is -2.25. The van der Waals surface area contributed by atoms with Crippen LogP contribution < -0.4 is 22.8 Å². The molecule has 8 nitrogen and oxygen atoms in total. The number of imidazole rings is 1. The predicted octanol–water partition coefficient (Wildman–Crippen LogP) is -2.58. The molecule has 2 aromatic heterocycles. The van der Waals surface area contributed by atoms with Crippen LogP contribution in [0.2, 0.25) is 0 Å². The number of aromatic nitrogens is 4. The van der Waals surface area contributed by atoms with Gasteiger partial charge in [0.25, 0.3) is 5.56 Å². The van der Waals surface area contributed by atoms with Crippen molar-refractivity contribution >= 4 is 11.2 Å². The monoisotopic (exact) mass is 183 g/mol. The third kappa shape index (κ3) is 0.883. The van der Waals surface area contributed by atoms with E-state index in [2.05, 4.69) is 9.97 Å². The van der Waals surface area contributed by atoms with Gasteiger partial charge in [0.2, 0.25) is 0 Å². The number of nitrogen functional groups attached to an aromatic ring is 1. The van der Waals surface area contributed by atoms with Crippen LogP contribution in [0.3, 0.4) is 0 Å². The Kier molecular flexibility index (Phi) is 1.21. The molecule has 0 aromatic carbocycles. The molecule has 5 N–H and O–H groups in total. The van der Waals surface area contributed by atoms with Crippen molar-refractivity contribution in [3.05, 3.63) is 31.3 Å². The van der Waals surface area contributed by atoms with Crippen molar-refractivity contribution in [3.63, 3.8) is 0 Å². The summed E-state index contributed by atoms with van der Waals surface area (Å²) in [6, 6.07) is 0. The lowest BCUT2D eigenvalue weighted by Gasteiger charge is -1.90. The summed E-state index contributed by atoms with van der Waals surface area (Å²) in [5.41, 5.74) is -2.14. The van der Waals surface area contributed by atoms with Crippen LogP contribution in [0.1, 0.15) is 0 Å². The highest BCUT2D eigenvalue weighted by atomic mass is 16.2. The van der Waals surface area contributed by atoms with Gasteiger partial charge in [-0.1, -0.05) is 0 Å². The molecule has 0 fully saturated rings. The van der Waals surface area contributed by atoms with E-state index in [-0.39, 0.29) is 11.2 Å². The largest absolute Gasteiger partial charge is 0.346 e. The zero-order valence-corrected chi connectivity index (χ0v) is 6.25. The summed E-state index contributed by atoms with van der Waals surface area (Å²) < 4.78 is 0.659. The van der Waals surface area contributed by atoms with Crippen LogP contribution in [-0.4, -0.2) is 19.6 Å². The maximum atomic E-state index is 11.1. The molecule has 2 aromatic rings. The smallest absolute Gasteiger partial charge is 0.333 e. The average molecular weight is 183 g/mol. The van der Waals surface area contributed by atoms with Crippen molar-refractivity contribution in [2.24, 2.45) is 0 Å². The van der Waals surface area contributed by atoms with Crippen LogP contribution in [0, 0.1) is 0 Å². The average Bonchev–Trinajstić information content (AvgIpc) is 2.32. The summed E-state index contributed by atoms with van der Waals surface area (Å²) in [4.78, 5) is 39.1. The molecule has 0 spiro atoms. The lowest BCUT2D eigenvalue weighted by molar-refractivity contribution is 0.941. The van der Waals surface area contributed by atoms with Crippen molar-refractivity contribution in [3.8, 4) is 0 Å². The van der Waals surface area contributed by atoms with Crippen LogP contribution in [0.5, 0.6) is 0 Å². The fourth-order valence-corrected chi connectivity index (χ4v) is 1.04. The fraction of sp³-hybridized carbons (Fsp3) is 0. The number of H-pyrrole nitrogens is 3. The molecule has 0 bridgehead atoms. The molecule has 0 amide bonds. The number of nitrogens with two attached hydrogens (primary N) is 1. The van der Waals surface area contributed by atoms with E-state index in [0.717, 1.165) is 0 Å². The van der Waals surface area contributed by atoms with Crippen molar-refractivity contribution < 1.29 is 0 Å². The lowest BCUT2D eigenvalue weighted by Crippen LogP contribution is -2.26. The Bertz CT molecular complexity index is 626. The number of nitrogens with zero attached hydrogens (tertiary/aromatic N) is 1. The zero-order chi connectivity index (χ0) is 9.59. The maximum Gasteiger partial charge on any atom is 0.346 e. The van der Waals surface area contributed by atoms with E-state index >= 15 is 0 Å². The number of nitrogens with one attached hydrogen (secondary N) is 3. The molecule has 0 saturated carbocycles. The topological polar surface area (TPSA) is 130 Å². The van der Waals surface area contributed by atoms with Crippen LogP contribution in [0.4, 0.5) is 0 Å². The van der Waals surface area contributed by atoms with Crippen molar-refractivity contribution in [2.45, 2.75) is 0 Å². The second kappa shape index (κ2) is 2.12. The van der Waals surface area contributed by atoms with Gasteiger partial charge in [0, 0.05) is 0 Å². The standard InChI is InChI=1S/C5H5N5O3/c6-10-2-1(7-5(10)13)3(11)9-4(12)8-2/h6H2,(H,7,13)(H2,8,9,11,12). The first-order valence-corrected chi connectivity index (χ1v) is 3.32. The summed E-state index contributed by atoms with van der Waals surface area (Å²) in [5.74, 6) is 5.23. The van der Waals surface area contributed by atoms with E-state index in [4.69, 9.17) is 5.84 Å². The Balaban J connectivity index is 3.22. The molecule has 13 heavy (non-hydrogen) atoms. The van der Waals surface area contributed by atoms with Gasteiger partial charge in [0.15, 0.2) is 11.2 Å². The van der Waals surface area contributed by atoms with Crippen LogP contribution in [0.15, 0.2) is 14.4 Å². The summed E-state index contributed by atoms with van der Waals surface area (Å²) in [6.45, 7) is 0. The minimum Gasteiger partial charge on any atom is -0.333 e. The van der Waals surface area contributed by atoms with Gasteiger partial charge in [-0.25, -0.2) is 9.59 Å². The second-order valence-electron chi connectivity index (χ2n) is 2.43. The van der Waals surface area contributed by atoms with Crippen molar-refractivity contribution in [1.29, 1.82) is 0 Å². The molecule has 8 heteroatoms. The van der Waals surface area contributed by atoms with Gasteiger partial charge in [-0.2, -0.15) is 4.68 Å². The van der Waals surface area contributed by atoms with Crippen molar-refractivity contribution in [2.75, 3.05) is 5.84 Å². The number of rotatable bonds is 0. The molecule has 2 rings (SSSR count). The normalized spacial score (nSPS) is 10.8. The molecule has 0 aliphatic heterocycles. The van der Waals surface area contributed by atoms with E-state index in [0.29, 0.717) is 4.68 Å². The second-order valence-corrected chi connectivity index (χ2v) is 2.43. The molecule has 2 heterocycles. The summed E-state index contributed by atoms with van der Waals surface area (Å²) in [5, 5.41) is 0. The number of hydrogen-bond donors (Lipinski definition) is 4. The van der Waals surface area contributed by atoms with Gasteiger partial charge in [-0.05, 0) is 0 Å². The molecule has 0 aliphatic rings. The lowest BCUT2D eigenvalue weighted by atomic mass is 10.5. The fourth-order valence-electron chi connectivity index (χ4n) is 1.04. The van der Waals surface area contributed by atoms with Gasteiger partial charge in [0.05, 0.1) is 0 Å². The highest BCUT2D eigenvalue weighted by Gasteiger charge is 2.07. The van der Waals surface area contributed by atoms with Crippen LogP contribution >= 0.6 is 0 Å². The molecule has 68 valence electrons. The van der Waals surface area contributed by atoms with E-state index < -0.39 is 16.9 Å². The first kappa shape index (κ1) is 7.40.